The summed E-state index contributed by atoms with van der Waals surface area (Å²) in [5.41, 5.74) is 0. The van der Waals surface area contributed by atoms with Crippen molar-refractivity contribution in [3.05, 3.63) is 0 Å². The van der Waals surface area contributed by atoms with Gasteiger partial charge in [-0.3, -0.25) is 14.4 Å². The van der Waals surface area contributed by atoms with Crippen molar-refractivity contribution in [2.75, 3.05) is 6.61 Å². The van der Waals surface area contributed by atoms with E-state index < -0.39 is 41.2 Å². The lowest BCUT2D eigenvalue weighted by Crippen LogP contribution is -2.55. The maximum absolute atomic E-state index is 11.1. The van der Waals surface area contributed by atoms with Crippen molar-refractivity contribution in [1.82, 2.24) is 0 Å². The fraction of sp³-hybridized carbons (Fsp3) is 0.727. The molecule has 7 nitrogen and oxygen atoms in total. The van der Waals surface area contributed by atoms with Gasteiger partial charge in [0.05, 0.1) is 6.61 Å². The molecule has 1 aliphatic rings. The third-order valence-electron chi connectivity index (χ3n) is 2.29. The molecule has 108 valence electrons. The maximum atomic E-state index is 11.1. The van der Waals surface area contributed by atoms with Crippen molar-refractivity contribution in [2.24, 2.45) is 0 Å². The van der Waals surface area contributed by atoms with Crippen LogP contribution >= 0.6 is 15.9 Å². The first kappa shape index (κ1) is 15.9. The van der Waals surface area contributed by atoms with Crippen LogP contribution in [0.3, 0.4) is 0 Å². The number of alkyl halides is 1. The van der Waals surface area contributed by atoms with Crippen LogP contribution < -0.4 is 0 Å². The fourth-order valence-electron chi connectivity index (χ4n) is 1.70. The molecular weight excluding hydrogens is 324 g/mol. The van der Waals surface area contributed by atoms with E-state index >= 15 is 0 Å². The van der Waals surface area contributed by atoms with Crippen molar-refractivity contribution < 1.29 is 33.3 Å². The van der Waals surface area contributed by atoms with Crippen LogP contribution in [0, 0.1) is 0 Å². The molecule has 1 fully saturated rings. The fourth-order valence-corrected chi connectivity index (χ4v) is 2.26. The molecule has 1 saturated heterocycles. The zero-order chi connectivity index (χ0) is 14.6. The van der Waals surface area contributed by atoms with Gasteiger partial charge in [-0.1, -0.05) is 15.9 Å². The Morgan fingerprint density at radius 3 is 1.89 bits per heavy atom. The molecule has 0 saturated carbocycles. The van der Waals surface area contributed by atoms with Crippen molar-refractivity contribution >= 4 is 33.8 Å². The van der Waals surface area contributed by atoms with E-state index in [2.05, 4.69) is 15.9 Å². The summed E-state index contributed by atoms with van der Waals surface area (Å²) in [4.78, 5) is 33.2. The van der Waals surface area contributed by atoms with E-state index in [9.17, 15) is 14.4 Å². The number of halogens is 1. The normalized spacial score (nSPS) is 30.3. The van der Waals surface area contributed by atoms with Gasteiger partial charge in [-0.15, -0.1) is 0 Å². The Balaban J connectivity index is 2.89. The summed E-state index contributed by atoms with van der Waals surface area (Å²) in [5, 5.41) is -0.646. The molecule has 1 heterocycles. The molecule has 1 unspecified atom stereocenters. The summed E-state index contributed by atoms with van der Waals surface area (Å²) >= 11 is 3.18. The molecule has 1 aliphatic heterocycles. The lowest BCUT2D eigenvalue weighted by Gasteiger charge is -2.38. The molecule has 0 aromatic carbocycles. The van der Waals surface area contributed by atoms with E-state index in [1.807, 2.05) is 0 Å². The third-order valence-corrected chi connectivity index (χ3v) is 3.08. The largest absolute Gasteiger partial charge is 0.456 e. The van der Waals surface area contributed by atoms with E-state index in [4.69, 9.17) is 18.9 Å². The first-order valence-corrected chi connectivity index (χ1v) is 6.50. The van der Waals surface area contributed by atoms with Gasteiger partial charge in [0.25, 0.3) is 0 Å². The summed E-state index contributed by atoms with van der Waals surface area (Å²) in [6, 6.07) is 0. The molecule has 0 aliphatic carbocycles. The minimum Gasteiger partial charge on any atom is -0.456 e. The van der Waals surface area contributed by atoms with E-state index in [0.29, 0.717) is 0 Å². The number of hydrogen-bond acceptors (Lipinski definition) is 7. The van der Waals surface area contributed by atoms with Gasteiger partial charge in [-0.25, -0.2) is 0 Å². The molecule has 0 bridgehead atoms. The second kappa shape index (κ2) is 6.85. The Hall–Kier alpha value is -1.15. The van der Waals surface area contributed by atoms with Crippen LogP contribution in [-0.4, -0.2) is 47.8 Å². The summed E-state index contributed by atoms with van der Waals surface area (Å²) in [7, 11) is 0. The van der Waals surface area contributed by atoms with Gasteiger partial charge < -0.3 is 18.9 Å². The molecule has 1 rings (SSSR count). The second-order valence-corrected chi connectivity index (χ2v) is 4.88. The molecule has 19 heavy (non-hydrogen) atoms. The van der Waals surface area contributed by atoms with Gasteiger partial charge in [0.15, 0.2) is 23.3 Å². The number of esters is 3. The molecular formula is C11H15BrO7. The van der Waals surface area contributed by atoms with Gasteiger partial charge in [-0.2, -0.15) is 0 Å². The van der Waals surface area contributed by atoms with Crippen LogP contribution in [0.15, 0.2) is 0 Å². The number of hydrogen-bond donors (Lipinski definition) is 0. The summed E-state index contributed by atoms with van der Waals surface area (Å²) in [6.07, 6.45) is -2.62. The van der Waals surface area contributed by atoms with Crippen LogP contribution in [0.4, 0.5) is 0 Å². The van der Waals surface area contributed by atoms with Crippen LogP contribution in [0.2, 0.25) is 0 Å². The van der Waals surface area contributed by atoms with Gasteiger partial charge in [0.2, 0.25) is 0 Å². The smallest absolute Gasteiger partial charge is 0.303 e. The van der Waals surface area contributed by atoms with Crippen LogP contribution in [-0.2, 0) is 33.3 Å². The molecule has 8 heteroatoms. The lowest BCUT2D eigenvalue weighted by molar-refractivity contribution is -0.212. The quantitative estimate of drug-likeness (QED) is 0.421. The Kier molecular flexibility index (Phi) is 5.74. The highest BCUT2D eigenvalue weighted by Gasteiger charge is 2.45. The predicted octanol–water partition coefficient (Wildman–Crippen LogP) is 0.533. The van der Waals surface area contributed by atoms with Crippen LogP contribution in [0.1, 0.15) is 20.8 Å². The van der Waals surface area contributed by atoms with E-state index in [-0.39, 0.29) is 6.61 Å². The average Bonchev–Trinajstić information content (AvgIpc) is 2.25. The number of rotatable bonds is 3. The molecule has 0 radical (unpaired) electrons. The van der Waals surface area contributed by atoms with Crippen LogP contribution in [0.25, 0.3) is 0 Å². The number of carbonyl (C=O) groups is 3. The van der Waals surface area contributed by atoms with E-state index in [0.717, 1.165) is 0 Å². The standard InChI is InChI=1S/C11H15BrO7/c1-5(13)17-8-4-16-11(12)10(19-7(3)15)9(8)18-6(2)14/h8-11H,4H2,1-3H3/t8-,9+,10-,11?/m0/s1. The first-order valence-electron chi connectivity index (χ1n) is 5.58. The second-order valence-electron chi connectivity index (χ2n) is 3.98. The highest BCUT2D eigenvalue weighted by molar-refractivity contribution is 9.09. The van der Waals surface area contributed by atoms with Gasteiger partial charge in [0.1, 0.15) is 0 Å². The minimum absolute atomic E-state index is 0.0329. The zero-order valence-electron chi connectivity index (χ0n) is 10.8. The SMILES string of the molecule is CC(=O)O[C@@H]1[C@@H](OC(C)=O)COC(Br)[C@H]1OC(C)=O. The summed E-state index contributed by atoms with van der Waals surface area (Å²) < 4.78 is 20.4. The Morgan fingerprint density at radius 2 is 1.42 bits per heavy atom. The first-order chi connectivity index (χ1) is 8.81. The van der Waals surface area contributed by atoms with E-state index in [1.165, 1.54) is 20.8 Å². The zero-order valence-corrected chi connectivity index (χ0v) is 12.3. The van der Waals surface area contributed by atoms with Crippen molar-refractivity contribution in [1.29, 1.82) is 0 Å². The Labute approximate surface area is 118 Å². The predicted molar refractivity (Wildman–Crippen MR) is 65.3 cm³/mol. The third kappa shape index (κ3) is 4.79. The summed E-state index contributed by atoms with van der Waals surface area (Å²) in [6.45, 7) is 3.70. The average molecular weight is 339 g/mol. The van der Waals surface area contributed by atoms with Crippen molar-refractivity contribution in [3.8, 4) is 0 Å². The van der Waals surface area contributed by atoms with Crippen molar-refractivity contribution in [2.45, 2.75) is 44.1 Å². The molecule has 0 aromatic rings. The lowest BCUT2D eigenvalue weighted by atomic mass is 10.1. The Morgan fingerprint density at radius 1 is 0.947 bits per heavy atom. The highest BCUT2D eigenvalue weighted by atomic mass is 79.9. The molecule has 4 atom stereocenters. The molecule has 0 amide bonds. The van der Waals surface area contributed by atoms with Crippen LogP contribution in [0.5, 0.6) is 0 Å². The topological polar surface area (TPSA) is 88.1 Å². The minimum atomic E-state index is -0.913. The van der Waals surface area contributed by atoms with Crippen molar-refractivity contribution in [3.63, 3.8) is 0 Å². The van der Waals surface area contributed by atoms with Gasteiger partial charge >= 0.3 is 17.9 Å². The molecule has 0 spiro atoms. The van der Waals surface area contributed by atoms with Gasteiger partial charge in [0, 0.05) is 20.8 Å². The van der Waals surface area contributed by atoms with Gasteiger partial charge in [-0.05, 0) is 0 Å². The molecule has 0 N–H and O–H groups in total. The Bertz CT molecular complexity index is 370. The monoisotopic (exact) mass is 338 g/mol. The molecule has 0 aromatic heterocycles. The van der Waals surface area contributed by atoms with E-state index in [1.54, 1.807) is 0 Å². The highest BCUT2D eigenvalue weighted by Crippen LogP contribution is 2.27. The summed E-state index contributed by atoms with van der Waals surface area (Å²) in [5.74, 6) is -1.67. The number of carbonyl (C=O) groups excluding carboxylic acids is 3. The number of ether oxygens (including phenoxy) is 4. The maximum Gasteiger partial charge on any atom is 0.303 e.